The number of benzene rings is 4. The van der Waals surface area contributed by atoms with Crippen molar-refractivity contribution in [3.8, 4) is 11.1 Å². The normalized spacial score (nSPS) is 10.2. The van der Waals surface area contributed by atoms with Crippen LogP contribution in [0.1, 0.15) is 17.5 Å². The predicted molar refractivity (Wildman–Crippen MR) is 149 cm³/mol. The Kier molecular flexibility index (Phi) is 20.3. The van der Waals surface area contributed by atoms with E-state index in [9.17, 15) is 0 Å². The molecule has 0 aliphatic heterocycles. The van der Waals surface area contributed by atoms with Crippen molar-refractivity contribution in [2.45, 2.75) is 12.8 Å². The maximum absolute atomic E-state index is 3.30. The second kappa shape index (κ2) is 21.6. The van der Waals surface area contributed by atoms with Gasteiger partial charge in [-0.15, -0.1) is 36.8 Å². The molecular weight excluding hydrogens is 551 g/mol. The quantitative estimate of drug-likeness (QED) is 0.134. The van der Waals surface area contributed by atoms with Crippen molar-refractivity contribution in [2.24, 2.45) is 0 Å². The summed E-state index contributed by atoms with van der Waals surface area (Å²) in [5, 5.41) is 0. The molecule has 0 heterocycles. The Balaban J connectivity index is 0.000000444. The Morgan fingerprint density at radius 2 is 1.24 bits per heavy atom. The van der Waals surface area contributed by atoms with Crippen LogP contribution in [-0.2, 0) is 29.8 Å². The van der Waals surface area contributed by atoms with Crippen LogP contribution >= 0.6 is 24.8 Å². The van der Waals surface area contributed by atoms with E-state index in [0.29, 0.717) is 0 Å². The van der Waals surface area contributed by atoms with Crippen LogP contribution in [-0.4, -0.2) is 6.88 Å². The van der Waals surface area contributed by atoms with Crippen LogP contribution in [0, 0.1) is 24.3 Å². The monoisotopic (exact) mass is 576 g/mol. The molecule has 0 saturated heterocycles. The van der Waals surface area contributed by atoms with Crippen molar-refractivity contribution in [1.82, 2.24) is 0 Å². The van der Waals surface area contributed by atoms with Gasteiger partial charge in [0.2, 0.25) is 0 Å². The van der Waals surface area contributed by atoms with Gasteiger partial charge in [-0.1, -0.05) is 35.4 Å². The molecule has 34 heavy (non-hydrogen) atoms. The Morgan fingerprint density at radius 1 is 0.647 bits per heavy atom. The van der Waals surface area contributed by atoms with Gasteiger partial charge in [0, 0.05) is 0 Å². The zero-order chi connectivity index (χ0) is 22.7. The molecule has 6 rings (SSSR count). The summed E-state index contributed by atoms with van der Waals surface area (Å²) in [6, 6.07) is 43.1. The fraction of sp³-hybridized carbons (Fsp3) is 0.0667. The maximum atomic E-state index is 3.30. The molecule has 0 bridgehead atoms. The summed E-state index contributed by atoms with van der Waals surface area (Å²) in [6.07, 6.45) is 11.0. The number of fused-ring (bicyclic) bond motifs is 3. The molecule has 2 aliphatic carbocycles. The van der Waals surface area contributed by atoms with Crippen molar-refractivity contribution in [1.29, 1.82) is 0 Å². The smallest absolute Gasteiger partial charge is 0.0253 e. The van der Waals surface area contributed by atoms with Gasteiger partial charge in [-0.2, -0.15) is 109 Å². The van der Waals surface area contributed by atoms with E-state index < -0.39 is 0 Å². The van der Waals surface area contributed by atoms with Gasteiger partial charge >= 0.3 is 30.2 Å². The minimum Gasteiger partial charge on any atom is -0.184 e. The van der Waals surface area contributed by atoms with Crippen LogP contribution in [0.25, 0.3) is 11.1 Å². The molecule has 4 aromatic carbocycles. The first-order valence-corrected chi connectivity index (χ1v) is 16.3. The first-order chi connectivity index (χ1) is 15.9. The fourth-order valence-electron chi connectivity index (χ4n) is 3.02. The van der Waals surface area contributed by atoms with Crippen LogP contribution in [0.15, 0.2) is 121 Å². The van der Waals surface area contributed by atoms with Crippen molar-refractivity contribution < 1.29 is 23.3 Å². The fourth-order valence-corrected chi connectivity index (χ4v) is 3.02. The largest absolute Gasteiger partial charge is 0.184 e. The van der Waals surface area contributed by atoms with Crippen molar-refractivity contribution in [3.05, 3.63) is 157 Å². The van der Waals surface area contributed by atoms with Crippen LogP contribution in [0.3, 0.4) is 0 Å². The third-order valence-electron chi connectivity index (χ3n) is 4.42. The first-order valence-electron chi connectivity index (χ1n) is 10.4. The molecule has 0 spiro atoms. The average molecular weight is 579 g/mol. The van der Waals surface area contributed by atoms with Crippen LogP contribution < -0.4 is 0 Å². The standard InChI is InChI=1S/C13H9.2C6H5.C5H5.2ClH.H2Si.Zr/c1-3-7-12-10(5-1)9-11-6-2-4-8-13(11)12;2*1-2-4-6-5-3-1;1-2-4-5-3-1;;;;/h1-5,7-8H,9H2;2*1-5H;1-3H,4H2;2*1H;1H2;/q4*-1;;;;. The summed E-state index contributed by atoms with van der Waals surface area (Å²) in [5.74, 6) is 0. The summed E-state index contributed by atoms with van der Waals surface area (Å²) in [7, 11) is 0. The van der Waals surface area contributed by atoms with E-state index in [-0.39, 0.29) is 24.8 Å². The zero-order valence-electron chi connectivity index (χ0n) is 19.0. The van der Waals surface area contributed by atoms with E-state index in [0.717, 1.165) is 12.8 Å². The van der Waals surface area contributed by atoms with Gasteiger partial charge in [-0.25, -0.2) is 12.2 Å². The molecule has 0 unspecified atom stereocenters. The second-order valence-electron chi connectivity index (χ2n) is 6.55. The van der Waals surface area contributed by atoms with Gasteiger partial charge in [-0.05, 0) is 6.42 Å². The average Bonchev–Trinajstić information content (AvgIpc) is 3.60. The first kappa shape index (κ1) is 32.0. The molecule has 2 aliphatic rings. The minimum atomic E-state index is 0. The number of hydrogen-bond donors (Lipinski definition) is 0. The summed E-state index contributed by atoms with van der Waals surface area (Å²) in [5.41, 5.74) is 5.51. The number of rotatable bonds is 0. The van der Waals surface area contributed by atoms with Crippen molar-refractivity contribution in [2.75, 3.05) is 0 Å². The third kappa shape index (κ3) is 12.5. The van der Waals surface area contributed by atoms with Crippen LogP contribution in [0.4, 0.5) is 0 Å². The van der Waals surface area contributed by atoms with E-state index in [4.69, 9.17) is 0 Å². The Bertz CT molecular complexity index is 929. The molecule has 0 radical (unpaired) electrons. The summed E-state index contributed by atoms with van der Waals surface area (Å²) in [6.45, 7) is 1.95. The third-order valence-corrected chi connectivity index (χ3v) is 4.42. The summed E-state index contributed by atoms with van der Waals surface area (Å²) in [4.78, 5) is 0. The predicted octanol–water partition coefficient (Wildman–Crippen LogP) is 7.26. The molecule has 0 N–H and O–H groups in total. The summed E-state index contributed by atoms with van der Waals surface area (Å²) < 4.78 is 0. The molecule has 0 atom stereocenters. The molecule has 4 aromatic rings. The number of halogens is 2. The van der Waals surface area contributed by atoms with E-state index in [2.05, 4.69) is 66.7 Å². The molecular formula is C30H28Cl2SiZr-4. The molecule has 4 heteroatoms. The van der Waals surface area contributed by atoms with Gasteiger partial charge in [0.1, 0.15) is 0 Å². The Labute approximate surface area is 234 Å². The second-order valence-corrected chi connectivity index (χ2v) is 6.55. The van der Waals surface area contributed by atoms with Gasteiger partial charge in [0.05, 0.1) is 0 Å². The van der Waals surface area contributed by atoms with Crippen LogP contribution in [0.2, 0.25) is 0 Å². The molecule has 0 amide bonds. The van der Waals surface area contributed by atoms with E-state index in [1.165, 1.54) is 22.3 Å². The number of allylic oxidation sites excluding steroid dienone is 4. The van der Waals surface area contributed by atoms with E-state index in [1.54, 1.807) is 23.3 Å². The minimum absolute atomic E-state index is 0. The van der Waals surface area contributed by atoms with E-state index >= 15 is 0 Å². The van der Waals surface area contributed by atoms with Gasteiger partial charge in [0.15, 0.2) is 0 Å². The Hall–Kier alpha value is -1.96. The zero-order valence-corrected chi connectivity index (χ0v) is 24.5. The molecule has 0 fully saturated rings. The molecule has 0 aromatic heterocycles. The SMILES string of the molecule is Cl.Cl.[C-]1=CC=CC1.[SiH2]=[Zr].[c-]1cccc2c1Cc1ccccc1-2.[c-]1ccccc1.[c-]1ccccc1. The van der Waals surface area contributed by atoms with Crippen LogP contribution in [0.5, 0.6) is 0 Å². The molecule has 174 valence electrons. The Morgan fingerprint density at radius 3 is 1.68 bits per heavy atom. The number of hydrogen-bond acceptors (Lipinski definition) is 0. The molecule has 0 nitrogen and oxygen atoms in total. The van der Waals surface area contributed by atoms with Crippen molar-refractivity contribution in [3.63, 3.8) is 0 Å². The van der Waals surface area contributed by atoms with Crippen molar-refractivity contribution >= 4 is 31.7 Å². The topological polar surface area (TPSA) is 0 Å². The van der Waals surface area contributed by atoms with Gasteiger partial charge in [-0.3, -0.25) is 6.08 Å². The summed E-state index contributed by atoms with van der Waals surface area (Å²) >= 11 is 1.58. The molecule has 0 saturated carbocycles. The van der Waals surface area contributed by atoms with Gasteiger partial charge in [0.25, 0.3) is 0 Å². The van der Waals surface area contributed by atoms with E-state index in [1.807, 2.05) is 85.8 Å². The maximum Gasteiger partial charge on any atom is -0.0253 e. The van der Waals surface area contributed by atoms with Gasteiger partial charge < -0.3 is 0 Å².